The number of carbonyl (C=O) groups excluding carboxylic acids is 3. The standard InChI is InChI=1S/C19H20N2O4S/c22-17(21-10-2-1-3-11-21)13-25-19(24)14-6-8-15(9-7-14)20-18(23)16-5-4-12-26-16/h4-9,12H,1-3,10-11,13H2,(H,20,23). The van der Waals surface area contributed by atoms with Gasteiger partial charge in [-0.15, -0.1) is 11.3 Å². The highest BCUT2D eigenvalue weighted by Gasteiger charge is 2.18. The quantitative estimate of drug-likeness (QED) is 0.818. The third-order valence-electron chi connectivity index (χ3n) is 4.16. The molecule has 0 aliphatic carbocycles. The number of ether oxygens (including phenoxy) is 1. The van der Waals surface area contributed by atoms with Crippen LogP contribution in [0.25, 0.3) is 0 Å². The van der Waals surface area contributed by atoms with Crippen LogP contribution in [0.4, 0.5) is 5.69 Å². The molecule has 0 bridgehead atoms. The van der Waals surface area contributed by atoms with Crippen molar-refractivity contribution in [3.05, 3.63) is 52.2 Å². The maximum atomic E-state index is 12.1. The molecule has 2 amide bonds. The minimum absolute atomic E-state index is 0.155. The van der Waals surface area contributed by atoms with Gasteiger partial charge in [-0.05, 0) is 55.0 Å². The second-order valence-corrected chi connectivity index (χ2v) is 6.97. The van der Waals surface area contributed by atoms with Crippen LogP contribution >= 0.6 is 11.3 Å². The second-order valence-electron chi connectivity index (χ2n) is 6.03. The Bertz CT molecular complexity index is 765. The number of nitrogens with one attached hydrogen (secondary N) is 1. The number of benzene rings is 1. The Hall–Kier alpha value is -2.67. The van der Waals surface area contributed by atoms with E-state index >= 15 is 0 Å². The summed E-state index contributed by atoms with van der Waals surface area (Å²) < 4.78 is 5.11. The molecule has 0 radical (unpaired) electrons. The summed E-state index contributed by atoms with van der Waals surface area (Å²) in [4.78, 5) is 38.4. The van der Waals surface area contributed by atoms with Crippen LogP contribution < -0.4 is 5.32 Å². The van der Waals surface area contributed by atoms with Crippen LogP contribution in [0.5, 0.6) is 0 Å². The first-order chi connectivity index (χ1) is 12.6. The van der Waals surface area contributed by atoms with Gasteiger partial charge in [-0.1, -0.05) is 6.07 Å². The second kappa shape index (κ2) is 8.62. The number of thiophene rings is 1. The van der Waals surface area contributed by atoms with Crippen LogP contribution in [0.3, 0.4) is 0 Å². The van der Waals surface area contributed by atoms with Crippen molar-refractivity contribution in [3.8, 4) is 0 Å². The van der Waals surface area contributed by atoms with Crippen LogP contribution in [0, 0.1) is 0 Å². The van der Waals surface area contributed by atoms with Gasteiger partial charge in [0.2, 0.25) is 0 Å². The summed E-state index contributed by atoms with van der Waals surface area (Å²) in [5.41, 5.74) is 0.926. The van der Waals surface area contributed by atoms with Gasteiger partial charge in [0.05, 0.1) is 10.4 Å². The predicted molar refractivity (Wildman–Crippen MR) is 99.4 cm³/mol. The highest BCUT2D eigenvalue weighted by atomic mass is 32.1. The van der Waals surface area contributed by atoms with Crippen molar-refractivity contribution in [2.75, 3.05) is 25.0 Å². The fraction of sp³-hybridized carbons (Fsp3) is 0.316. The number of piperidine rings is 1. The summed E-state index contributed by atoms with van der Waals surface area (Å²) in [5.74, 6) is -0.896. The monoisotopic (exact) mass is 372 g/mol. The molecule has 0 saturated carbocycles. The molecule has 0 unspecified atom stereocenters. The molecular weight excluding hydrogens is 352 g/mol. The number of nitrogens with zero attached hydrogens (tertiary/aromatic N) is 1. The largest absolute Gasteiger partial charge is 0.452 e. The third-order valence-corrected chi connectivity index (χ3v) is 5.03. The molecule has 136 valence electrons. The lowest BCUT2D eigenvalue weighted by Crippen LogP contribution is -2.38. The number of hydrogen-bond donors (Lipinski definition) is 1. The zero-order chi connectivity index (χ0) is 18.4. The van der Waals surface area contributed by atoms with Crippen LogP contribution in [-0.2, 0) is 9.53 Å². The summed E-state index contributed by atoms with van der Waals surface area (Å²) in [5, 5.41) is 4.59. The van der Waals surface area contributed by atoms with Gasteiger partial charge >= 0.3 is 5.97 Å². The van der Waals surface area contributed by atoms with Crippen molar-refractivity contribution >= 4 is 34.8 Å². The van der Waals surface area contributed by atoms with E-state index < -0.39 is 5.97 Å². The summed E-state index contributed by atoms with van der Waals surface area (Å²) in [6.07, 6.45) is 3.13. The van der Waals surface area contributed by atoms with Crippen molar-refractivity contribution in [2.45, 2.75) is 19.3 Å². The number of rotatable bonds is 5. The molecule has 1 fully saturated rings. The number of likely N-dealkylation sites (tertiary alicyclic amines) is 1. The molecule has 0 spiro atoms. The Morgan fingerprint density at radius 3 is 2.42 bits per heavy atom. The van der Waals surface area contributed by atoms with Crippen molar-refractivity contribution in [2.24, 2.45) is 0 Å². The lowest BCUT2D eigenvalue weighted by Gasteiger charge is -2.26. The lowest BCUT2D eigenvalue weighted by atomic mass is 10.1. The van der Waals surface area contributed by atoms with Crippen LogP contribution in [-0.4, -0.2) is 42.4 Å². The summed E-state index contributed by atoms with van der Waals surface area (Å²) in [6, 6.07) is 9.95. The average Bonchev–Trinajstić information content (AvgIpc) is 3.22. The van der Waals surface area contributed by atoms with E-state index in [0.29, 0.717) is 16.1 Å². The van der Waals surface area contributed by atoms with Crippen LogP contribution in [0.1, 0.15) is 39.3 Å². The van der Waals surface area contributed by atoms with Gasteiger partial charge in [-0.2, -0.15) is 0 Å². The van der Waals surface area contributed by atoms with E-state index in [9.17, 15) is 14.4 Å². The zero-order valence-electron chi connectivity index (χ0n) is 14.3. The molecule has 6 nitrogen and oxygen atoms in total. The van der Waals surface area contributed by atoms with Crippen LogP contribution in [0.15, 0.2) is 41.8 Å². The fourth-order valence-electron chi connectivity index (χ4n) is 2.74. The summed E-state index contributed by atoms with van der Waals surface area (Å²) in [6.45, 7) is 1.22. The first kappa shape index (κ1) is 18.1. The Morgan fingerprint density at radius 1 is 1.04 bits per heavy atom. The normalized spacial score (nSPS) is 13.9. The number of amides is 2. The Morgan fingerprint density at radius 2 is 1.77 bits per heavy atom. The SMILES string of the molecule is O=C(OCC(=O)N1CCCCC1)c1ccc(NC(=O)c2cccs2)cc1. The summed E-state index contributed by atoms with van der Waals surface area (Å²) >= 11 is 1.36. The Kier molecular flexibility index (Phi) is 6.01. The molecule has 2 aromatic rings. The highest BCUT2D eigenvalue weighted by molar-refractivity contribution is 7.12. The molecule has 1 aliphatic rings. The van der Waals surface area contributed by atoms with Crippen LogP contribution in [0.2, 0.25) is 0 Å². The molecule has 0 atom stereocenters. The van der Waals surface area contributed by atoms with Gasteiger partial charge in [0, 0.05) is 18.8 Å². The highest BCUT2D eigenvalue weighted by Crippen LogP contribution is 2.15. The van der Waals surface area contributed by atoms with Gasteiger partial charge in [0.25, 0.3) is 11.8 Å². The zero-order valence-corrected chi connectivity index (χ0v) is 15.1. The van der Waals surface area contributed by atoms with Crippen molar-refractivity contribution in [3.63, 3.8) is 0 Å². The lowest BCUT2D eigenvalue weighted by molar-refractivity contribution is -0.135. The van der Waals surface area contributed by atoms with E-state index in [2.05, 4.69) is 5.32 Å². The van der Waals surface area contributed by atoms with Gasteiger partial charge in [0.15, 0.2) is 6.61 Å². The fourth-order valence-corrected chi connectivity index (χ4v) is 3.35. The van der Waals surface area contributed by atoms with E-state index in [1.165, 1.54) is 11.3 Å². The third kappa shape index (κ3) is 4.70. The van der Waals surface area contributed by atoms with Crippen molar-refractivity contribution < 1.29 is 19.1 Å². The molecule has 1 saturated heterocycles. The summed E-state index contributed by atoms with van der Waals surface area (Å²) in [7, 11) is 0. The number of esters is 1. The van der Waals surface area contributed by atoms with Gasteiger partial charge < -0.3 is 15.0 Å². The van der Waals surface area contributed by atoms with E-state index in [0.717, 1.165) is 32.4 Å². The molecule has 1 N–H and O–H groups in total. The molecule has 1 aromatic carbocycles. The Labute approximate surface area is 155 Å². The van der Waals surface area contributed by atoms with Gasteiger partial charge in [-0.3, -0.25) is 9.59 Å². The maximum absolute atomic E-state index is 12.1. The predicted octanol–water partition coefficient (Wildman–Crippen LogP) is 3.17. The number of hydrogen-bond acceptors (Lipinski definition) is 5. The molecule has 1 aliphatic heterocycles. The number of anilines is 1. The van der Waals surface area contributed by atoms with Crippen molar-refractivity contribution in [1.82, 2.24) is 4.90 Å². The molecular formula is C19H20N2O4S. The minimum Gasteiger partial charge on any atom is -0.452 e. The van der Waals surface area contributed by atoms with E-state index in [4.69, 9.17) is 4.74 Å². The smallest absolute Gasteiger partial charge is 0.338 e. The van der Waals surface area contributed by atoms with Gasteiger partial charge in [0.1, 0.15) is 0 Å². The first-order valence-corrected chi connectivity index (χ1v) is 9.41. The van der Waals surface area contributed by atoms with E-state index in [1.54, 1.807) is 35.2 Å². The topological polar surface area (TPSA) is 75.7 Å². The van der Waals surface area contributed by atoms with E-state index in [1.807, 2.05) is 11.4 Å². The number of carbonyl (C=O) groups is 3. The van der Waals surface area contributed by atoms with Gasteiger partial charge in [-0.25, -0.2) is 4.79 Å². The minimum atomic E-state index is -0.550. The maximum Gasteiger partial charge on any atom is 0.338 e. The molecule has 2 heterocycles. The average molecular weight is 372 g/mol. The molecule has 3 rings (SSSR count). The van der Waals surface area contributed by atoms with Crippen molar-refractivity contribution in [1.29, 1.82) is 0 Å². The first-order valence-electron chi connectivity index (χ1n) is 8.53. The molecule has 26 heavy (non-hydrogen) atoms. The Balaban J connectivity index is 1.50. The molecule has 1 aromatic heterocycles. The molecule has 7 heteroatoms. The van der Waals surface area contributed by atoms with E-state index in [-0.39, 0.29) is 18.4 Å².